The number of hydrogen-bond acceptors (Lipinski definition) is 6. The Morgan fingerprint density at radius 3 is 2.53 bits per heavy atom. The van der Waals surface area contributed by atoms with Crippen LogP contribution in [0.15, 0.2) is 72.9 Å². The molecule has 8 nitrogen and oxygen atoms in total. The fourth-order valence-electron chi connectivity index (χ4n) is 4.49. The van der Waals surface area contributed by atoms with E-state index in [0.717, 1.165) is 42.4 Å². The highest BCUT2D eigenvalue weighted by Crippen LogP contribution is 2.22. The molecule has 5 rings (SSSR count). The number of anilines is 2. The van der Waals surface area contributed by atoms with Crippen LogP contribution in [-0.2, 0) is 24.3 Å². The van der Waals surface area contributed by atoms with Gasteiger partial charge in [-0.15, -0.1) is 10.2 Å². The molecule has 0 radical (unpaired) electrons. The van der Waals surface area contributed by atoms with Crippen molar-refractivity contribution in [3.05, 3.63) is 101 Å². The molecule has 0 spiro atoms. The van der Waals surface area contributed by atoms with Crippen LogP contribution in [0.5, 0.6) is 0 Å². The zero-order chi connectivity index (χ0) is 24.9. The van der Waals surface area contributed by atoms with Crippen LogP contribution < -0.4 is 15.5 Å². The number of hydrogen-bond donors (Lipinski definition) is 2. The maximum atomic E-state index is 13.3. The summed E-state index contributed by atoms with van der Waals surface area (Å²) in [6.07, 6.45) is 2.64. The molecule has 2 aromatic heterocycles. The summed E-state index contributed by atoms with van der Waals surface area (Å²) in [5.41, 5.74) is 4.40. The van der Waals surface area contributed by atoms with Crippen LogP contribution in [0.4, 0.5) is 11.5 Å². The molecule has 2 aromatic carbocycles. The molecule has 2 N–H and O–H groups in total. The van der Waals surface area contributed by atoms with Gasteiger partial charge < -0.3 is 20.1 Å². The van der Waals surface area contributed by atoms with Crippen LogP contribution in [0, 0.1) is 13.8 Å². The lowest BCUT2D eigenvalue weighted by Gasteiger charge is -2.29. The van der Waals surface area contributed by atoms with Crippen LogP contribution in [0.3, 0.4) is 0 Å². The van der Waals surface area contributed by atoms with Crippen LogP contribution in [0.25, 0.3) is 0 Å². The lowest BCUT2D eigenvalue weighted by Crippen LogP contribution is -2.35. The fourth-order valence-corrected chi connectivity index (χ4v) is 4.49. The highest BCUT2D eigenvalue weighted by Gasteiger charge is 2.22. The minimum absolute atomic E-state index is 0.132. The van der Waals surface area contributed by atoms with E-state index in [1.165, 1.54) is 11.1 Å². The molecule has 1 amide bonds. The molecular weight excluding hydrogens is 450 g/mol. The van der Waals surface area contributed by atoms with Gasteiger partial charge in [-0.1, -0.05) is 60.2 Å². The summed E-state index contributed by atoms with van der Waals surface area (Å²) in [7, 11) is 0. The molecule has 8 heteroatoms. The predicted octanol–water partition coefficient (Wildman–Crippen LogP) is 3.82. The molecule has 184 valence electrons. The monoisotopic (exact) mass is 481 g/mol. The zero-order valence-electron chi connectivity index (χ0n) is 20.7. The molecule has 1 aliphatic heterocycles. The molecule has 0 unspecified atom stereocenters. The smallest absolute Gasteiger partial charge is 0.247 e. The highest BCUT2D eigenvalue weighted by atomic mass is 16.2. The summed E-state index contributed by atoms with van der Waals surface area (Å²) in [5, 5.41) is 14.9. The van der Waals surface area contributed by atoms with E-state index in [0.29, 0.717) is 18.9 Å². The summed E-state index contributed by atoms with van der Waals surface area (Å²) in [6, 6.07) is 21.6. The molecule has 0 saturated carbocycles. The Balaban J connectivity index is 1.23. The van der Waals surface area contributed by atoms with Crippen molar-refractivity contribution in [1.29, 1.82) is 0 Å². The van der Waals surface area contributed by atoms with Crippen molar-refractivity contribution in [3.8, 4) is 0 Å². The topological polar surface area (TPSA) is 88.0 Å². The van der Waals surface area contributed by atoms with E-state index in [4.69, 9.17) is 0 Å². The van der Waals surface area contributed by atoms with E-state index >= 15 is 0 Å². The lowest BCUT2D eigenvalue weighted by molar-refractivity contribution is -0.118. The number of carbonyl (C=O) groups is 1. The Morgan fingerprint density at radius 2 is 1.78 bits per heavy atom. The van der Waals surface area contributed by atoms with Crippen LogP contribution in [0.1, 0.15) is 34.4 Å². The Labute approximate surface area is 211 Å². The molecular formula is C28H31N7O. The van der Waals surface area contributed by atoms with Crippen molar-refractivity contribution in [2.24, 2.45) is 0 Å². The number of rotatable bonds is 8. The van der Waals surface area contributed by atoms with E-state index in [1.54, 1.807) is 6.20 Å². The van der Waals surface area contributed by atoms with Gasteiger partial charge >= 0.3 is 0 Å². The standard InChI is InChI=1S/C28H31N7O/c1-20-8-10-22(11-9-20)14-15-29-27(23-6-4-3-5-7-23)28(36)31-25-13-12-24(18-30-25)34-16-17-35-21(2)32-33-26(35)19-34/h3-13,18,27,29H,14-17,19H2,1-2H3,(H,30,31,36)/t27-/m1/s1. The van der Waals surface area contributed by atoms with Crippen LogP contribution >= 0.6 is 0 Å². The summed E-state index contributed by atoms with van der Waals surface area (Å²) in [4.78, 5) is 20.0. The van der Waals surface area contributed by atoms with Gasteiger partial charge in [0.15, 0.2) is 5.82 Å². The van der Waals surface area contributed by atoms with E-state index in [-0.39, 0.29) is 5.91 Å². The van der Waals surface area contributed by atoms with Crippen LogP contribution in [-0.4, -0.2) is 38.7 Å². The first kappa shape index (κ1) is 23.7. The lowest BCUT2D eigenvalue weighted by atomic mass is 10.1. The van der Waals surface area contributed by atoms with Gasteiger partial charge in [0.05, 0.1) is 18.4 Å². The van der Waals surface area contributed by atoms with E-state index in [1.807, 2.05) is 49.4 Å². The van der Waals surface area contributed by atoms with E-state index < -0.39 is 6.04 Å². The van der Waals surface area contributed by atoms with Crippen molar-refractivity contribution in [2.45, 2.75) is 39.4 Å². The number of fused-ring (bicyclic) bond motifs is 1. The molecule has 1 aliphatic rings. The first-order valence-electron chi connectivity index (χ1n) is 12.3. The van der Waals surface area contributed by atoms with Crippen molar-refractivity contribution in [1.82, 2.24) is 25.1 Å². The number of carbonyl (C=O) groups excluding carboxylic acids is 1. The second-order valence-electron chi connectivity index (χ2n) is 9.16. The van der Waals surface area contributed by atoms with Gasteiger partial charge in [0.25, 0.3) is 0 Å². The quantitative estimate of drug-likeness (QED) is 0.398. The molecule has 0 fully saturated rings. The third-order valence-corrected chi connectivity index (χ3v) is 6.58. The number of aryl methyl sites for hydroxylation is 2. The molecule has 4 aromatic rings. The summed E-state index contributed by atoms with van der Waals surface area (Å²) < 4.78 is 2.15. The molecule has 3 heterocycles. The van der Waals surface area contributed by atoms with Crippen molar-refractivity contribution in [2.75, 3.05) is 23.3 Å². The Morgan fingerprint density at radius 1 is 0.972 bits per heavy atom. The molecule has 0 aliphatic carbocycles. The maximum absolute atomic E-state index is 13.3. The summed E-state index contributed by atoms with van der Waals surface area (Å²) in [5.74, 6) is 2.30. The molecule has 0 bridgehead atoms. The van der Waals surface area contributed by atoms with Gasteiger partial charge in [0, 0.05) is 19.6 Å². The van der Waals surface area contributed by atoms with Gasteiger partial charge in [-0.3, -0.25) is 4.79 Å². The Kier molecular flexibility index (Phi) is 7.04. The molecule has 36 heavy (non-hydrogen) atoms. The second-order valence-corrected chi connectivity index (χ2v) is 9.16. The third kappa shape index (κ3) is 5.44. The SMILES string of the molecule is Cc1ccc(CCN[C@@H](C(=O)Nc2ccc(N3CCn4c(C)nnc4C3)cn2)c2ccccc2)cc1. The average molecular weight is 482 g/mol. The van der Waals surface area contributed by atoms with Gasteiger partial charge in [0.2, 0.25) is 5.91 Å². The maximum Gasteiger partial charge on any atom is 0.247 e. The number of aromatic nitrogens is 4. The number of nitrogens with one attached hydrogen (secondary N) is 2. The normalized spacial score (nSPS) is 13.8. The fraction of sp³-hybridized carbons (Fsp3) is 0.286. The number of amides is 1. The van der Waals surface area contributed by atoms with E-state index in [9.17, 15) is 4.79 Å². The number of pyridine rings is 1. The summed E-state index contributed by atoms with van der Waals surface area (Å²) in [6.45, 7) is 7.14. The van der Waals surface area contributed by atoms with Crippen LogP contribution in [0.2, 0.25) is 0 Å². The summed E-state index contributed by atoms with van der Waals surface area (Å²) >= 11 is 0. The van der Waals surface area contributed by atoms with Crippen molar-refractivity contribution < 1.29 is 4.79 Å². The minimum Gasteiger partial charge on any atom is -0.361 e. The second kappa shape index (κ2) is 10.7. The first-order chi connectivity index (χ1) is 17.6. The predicted molar refractivity (Wildman–Crippen MR) is 141 cm³/mol. The zero-order valence-corrected chi connectivity index (χ0v) is 20.7. The van der Waals surface area contributed by atoms with Gasteiger partial charge in [0.1, 0.15) is 17.7 Å². The van der Waals surface area contributed by atoms with Gasteiger partial charge in [-0.05, 0) is 43.5 Å². The average Bonchev–Trinajstić information content (AvgIpc) is 3.28. The molecule has 1 atom stereocenters. The first-order valence-corrected chi connectivity index (χ1v) is 12.3. The highest BCUT2D eigenvalue weighted by molar-refractivity contribution is 5.94. The third-order valence-electron chi connectivity index (χ3n) is 6.58. The van der Waals surface area contributed by atoms with Gasteiger partial charge in [-0.2, -0.15) is 0 Å². The molecule has 0 saturated heterocycles. The number of benzene rings is 2. The van der Waals surface area contributed by atoms with E-state index in [2.05, 4.69) is 66.5 Å². The largest absolute Gasteiger partial charge is 0.361 e. The minimum atomic E-state index is -0.477. The van der Waals surface area contributed by atoms with Gasteiger partial charge in [-0.25, -0.2) is 4.98 Å². The number of nitrogens with zero attached hydrogens (tertiary/aromatic N) is 5. The Bertz CT molecular complexity index is 1300. The Hall–Kier alpha value is -4.04. The van der Waals surface area contributed by atoms with Crippen molar-refractivity contribution >= 4 is 17.4 Å². The van der Waals surface area contributed by atoms with Crippen molar-refractivity contribution in [3.63, 3.8) is 0 Å².